The number of benzene rings is 1. The van der Waals surface area contributed by atoms with Crippen LogP contribution in [0.4, 0.5) is 0 Å². The molecule has 0 bridgehead atoms. The molecule has 2 aromatic rings. The fourth-order valence-corrected chi connectivity index (χ4v) is 1.29. The van der Waals surface area contributed by atoms with Gasteiger partial charge in [-0.15, -0.1) is 0 Å². The van der Waals surface area contributed by atoms with Gasteiger partial charge in [-0.1, -0.05) is 12.1 Å². The number of carbonyl (C=O) groups excluding carboxylic acids is 1. The van der Waals surface area contributed by atoms with Crippen molar-refractivity contribution in [1.82, 2.24) is 4.98 Å². The fraction of sp³-hybridized carbons (Fsp3) is 0.250. The van der Waals surface area contributed by atoms with Crippen molar-refractivity contribution in [2.75, 3.05) is 6.61 Å². The molecule has 86 valence electrons. The van der Waals surface area contributed by atoms with Crippen LogP contribution in [0.1, 0.15) is 12.5 Å². The van der Waals surface area contributed by atoms with Gasteiger partial charge in [0.15, 0.2) is 0 Å². The average Bonchev–Trinajstić information content (AvgIpc) is 2.77. The molecule has 0 atom stereocenters. The highest BCUT2D eigenvalue weighted by Crippen LogP contribution is 2.13. The number of aromatic amines is 1. The molecule has 16 heavy (non-hydrogen) atoms. The third-order valence-electron chi connectivity index (χ3n) is 2.09. The van der Waals surface area contributed by atoms with Crippen LogP contribution in [0.5, 0.6) is 0 Å². The highest BCUT2D eigenvalue weighted by Gasteiger charge is 1.93. The van der Waals surface area contributed by atoms with Gasteiger partial charge in [0.1, 0.15) is 0 Å². The van der Waals surface area contributed by atoms with Crippen LogP contribution in [-0.4, -0.2) is 18.1 Å². The molecule has 2 rings (SSSR count). The van der Waals surface area contributed by atoms with E-state index < -0.39 is 0 Å². The van der Waals surface area contributed by atoms with Crippen molar-refractivity contribution in [3.8, 4) is 0 Å². The number of carbonyl (C=O) groups is 1. The molecular formula is C12H16N2O2. The Kier molecular flexibility index (Phi) is 5.08. The monoisotopic (exact) mass is 220 g/mol. The quantitative estimate of drug-likeness (QED) is 0.775. The second-order valence-electron chi connectivity index (χ2n) is 3.15. The predicted octanol–water partition coefficient (Wildman–Crippen LogP) is 1.81. The van der Waals surface area contributed by atoms with Crippen molar-refractivity contribution in [2.45, 2.75) is 13.5 Å². The molecule has 0 aliphatic carbocycles. The molecule has 0 saturated carbocycles. The molecule has 1 aromatic heterocycles. The first kappa shape index (κ1) is 12.3. The molecule has 0 saturated heterocycles. The summed E-state index contributed by atoms with van der Waals surface area (Å²) in [5.74, 6) is 0. The van der Waals surface area contributed by atoms with Crippen molar-refractivity contribution in [3.63, 3.8) is 0 Å². The Labute approximate surface area is 94.4 Å². The third kappa shape index (κ3) is 3.40. The van der Waals surface area contributed by atoms with E-state index in [4.69, 9.17) is 5.73 Å². The van der Waals surface area contributed by atoms with Crippen molar-refractivity contribution in [1.29, 1.82) is 0 Å². The Morgan fingerprint density at radius 3 is 2.81 bits per heavy atom. The van der Waals surface area contributed by atoms with Crippen molar-refractivity contribution in [2.24, 2.45) is 5.73 Å². The van der Waals surface area contributed by atoms with E-state index in [2.05, 4.69) is 34.0 Å². The number of H-pyrrole nitrogens is 1. The molecule has 0 radical (unpaired) electrons. The Morgan fingerprint density at radius 1 is 1.44 bits per heavy atom. The lowest BCUT2D eigenvalue weighted by Gasteiger charge is -1.95. The Bertz CT molecular complexity index is 437. The van der Waals surface area contributed by atoms with Gasteiger partial charge in [-0.2, -0.15) is 0 Å². The zero-order valence-electron chi connectivity index (χ0n) is 9.27. The first-order valence-corrected chi connectivity index (χ1v) is 5.13. The summed E-state index contributed by atoms with van der Waals surface area (Å²) in [5, 5.41) is 1.24. The summed E-state index contributed by atoms with van der Waals surface area (Å²) in [4.78, 5) is 12.3. The lowest BCUT2D eigenvalue weighted by atomic mass is 10.2. The van der Waals surface area contributed by atoms with Crippen molar-refractivity contribution < 1.29 is 9.53 Å². The summed E-state index contributed by atoms with van der Waals surface area (Å²) in [6, 6.07) is 8.26. The standard InChI is InChI=1S/C9H10N2.C3H6O2/c10-6-7-1-2-8-3-4-11-9(8)5-7;1-2-5-3-4/h1-5,11H,6,10H2;3H,2H2,1H3. The van der Waals surface area contributed by atoms with Crippen molar-refractivity contribution >= 4 is 17.4 Å². The van der Waals surface area contributed by atoms with Gasteiger partial charge in [0, 0.05) is 18.3 Å². The number of rotatable bonds is 3. The first-order chi connectivity index (χ1) is 7.81. The topological polar surface area (TPSA) is 68.1 Å². The summed E-state index contributed by atoms with van der Waals surface area (Å²) in [6.07, 6.45) is 1.94. The van der Waals surface area contributed by atoms with Crippen LogP contribution in [0, 0.1) is 0 Å². The van der Waals surface area contributed by atoms with E-state index in [-0.39, 0.29) is 0 Å². The third-order valence-corrected chi connectivity index (χ3v) is 2.09. The smallest absolute Gasteiger partial charge is 0.293 e. The van der Waals surface area contributed by atoms with Crippen LogP contribution in [0.2, 0.25) is 0 Å². The van der Waals surface area contributed by atoms with E-state index in [0.29, 0.717) is 19.6 Å². The highest BCUT2D eigenvalue weighted by atomic mass is 16.5. The van der Waals surface area contributed by atoms with Gasteiger partial charge in [0.25, 0.3) is 6.47 Å². The van der Waals surface area contributed by atoms with Crippen LogP contribution < -0.4 is 5.73 Å². The second kappa shape index (κ2) is 6.63. The number of nitrogens with two attached hydrogens (primary N) is 1. The fourth-order valence-electron chi connectivity index (χ4n) is 1.29. The maximum atomic E-state index is 9.18. The summed E-state index contributed by atoms with van der Waals surface area (Å²) < 4.78 is 4.15. The SMILES string of the molecule is CCOC=O.NCc1ccc2cc[nH]c2c1. The van der Waals surface area contributed by atoms with E-state index in [1.807, 2.05) is 6.20 Å². The molecule has 0 aliphatic heterocycles. The molecule has 1 aromatic carbocycles. The molecule has 0 unspecified atom stereocenters. The van der Waals surface area contributed by atoms with Crippen LogP contribution in [0.15, 0.2) is 30.5 Å². The minimum absolute atomic E-state index is 0.431. The maximum Gasteiger partial charge on any atom is 0.293 e. The van der Waals surface area contributed by atoms with Crippen molar-refractivity contribution in [3.05, 3.63) is 36.0 Å². The number of hydrogen-bond acceptors (Lipinski definition) is 3. The largest absolute Gasteiger partial charge is 0.468 e. The summed E-state index contributed by atoms with van der Waals surface area (Å²) in [5.41, 5.74) is 7.82. The summed E-state index contributed by atoms with van der Waals surface area (Å²) in [7, 11) is 0. The van der Waals surface area contributed by atoms with Crippen LogP contribution in [-0.2, 0) is 16.1 Å². The molecule has 4 nitrogen and oxygen atoms in total. The Morgan fingerprint density at radius 2 is 2.25 bits per heavy atom. The van der Waals surface area contributed by atoms with Gasteiger partial charge in [-0.3, -0.25) is 4.79 Å². The molecule has 0 amide bonds. The molecule has 0 fully saturated rings. The van der Waals surface area contributed by atoms with E-state index >= 15 is 0 Å². The van der Waals surface area contributed by atoms with Gasteiger partial charge >= 0.3 is 0 Å². The van der Waals surface area contributed by atoms with Gasteiger partial charge < -0.3 is 15.5 Å². The lowest BCUT2D eigenvalue weighted by molar-refractivity contribution is -0.128. The molecule has 0 spiro atoms. The normalized spacial score (nSPS) is 9.38. The minimum atomic E-state index is 0.431. The van der Waals surface area contributed by atoms with E-state index in [1.165, 1.54) is 10.9 Å². The van der Waals surface area contributed by atoms with Gasteiger partial charge in [0.05, 0.1) is 6.61 Å². The molecular weight excluding hydrogens is 204 g/mol. The number of ether oxygens (including phenoxy) is 1. The van der Waals surface area contributed by atoms with Crippen LogP contribution >= 0.6 is 0 Å². The maximum absolute atomic E-state index is 9.18. The molecule has 1 heterocycles. The Balaban J connectivity index is 0.000000221. The van der Waals surface area contributed by atoms with Gasteiger partial charge in [-0.05, 0) is 30.0 Å². The Hall–Kier alpha value is -1.81. The molecule has 0 aliphatic rings. The molecule has 4 heteroatoms. The first-order valence-electron chi connectivity index (χ1n) is 5.13. The lowest BCUT2D eigenvalue weighted by Crippen LogP contribution is -1.94. The summed E-state index contributed by atoms with van der Waals surface area (Å²) in [6.45, 7) is 3.27. The number of nitrogens with one attached hydrogen (secondary N) is 1. The minimum Gasteiger partial charge on any atom is -0.468 e. The number of hydrogen-bond donors (Lipinski definition) is 2. The van der Waals surface area contributed by atoms with E-state index in [1.54, 1.807) is 6.92 Å². The van der Waals surface area contributed by atoms with Crippen LogP contribution in [0.3, 0.4) is 0 Å². The second-order valence-corrected chi connectivity index (χ2v) is 3.15. The van der Waals surface area contributed by atoms with Gasteiger partial charge in [0.2, 0.25) is 0 Å². The highest BCUT2D eigenvalue weighted by molar-refractivity contribution is 5.79. The number of aromatic nitrogens is 1. The summed E-state index contributed by atoms with van der Waals surface area (Å²) >= 11 is 0. The zero-order chi connectivity index (χ0) is 11.8. The number of fused-ring (bicyclic) bond motifs is 1. The molecule has 3 N–H and O–H groups in total. The average molecular weight is 220 g/mol. The predicted molar refractivity (Wildman–Crippen MR) is 63.9 cm³/mol. The van der Waals surface area contributed by atoms with Crippen LogP contribution in [0.25, 0.3) is 10.9 Å². The zero-order valence-corrected chi connectivity index (χ0v) is 9.27. The van der Waals surface area contributed by atoms with E-state index in [9.17, 15) is 4.79 Å². The van der Waals surface area contributed by atoms with E-state index in [0.717, 1.165) is 5.52 Å². The van der Waals surface area contributed by atoms with Gasteiger partial charge in [-0.25, -0.2) is 0 Å².